The second-order valence-corrected chi connectivity index (χ2v) is 9.06. The van der Waals surface area contributed by atoms with E-state index in [4.69, 9.17) is 4.74 Å². The van der Waals surface area contributed by atoms with Crippen molar-refractivity contribution in [3.8, 4) is 0 Å². The van der Waals surface area contributed by atoms with E-state index in [0.29, 0.717) is 5.92 Å². The lowest BCUT2D eigenvalue weighted by molar-refractivity contribution is -0.231. The standard InChI is InChI=1S/C25H33NO5/c1-14(2)19-8-7-17(25-24(30)23(29)22(28)21(13-27)31-25)12-18(19)10-15-5-6-16-4-3-9-26-20(16)11-15/h5-8,11-12,14,21-30H,3-4,9-10,13H2,1-2H3/t21-,22+,23-,24+,25-/m0/s1. The minimum absolute atomic E-state index is 0.328. The van der Waals surface area contributed by atoms with Crippen molar-refractivity contribution in [1.82, 2.24) is 0 Å². The largest absolute Gasteiger partial charge is 0.394 e. The second kappa shape index (κ2) is 9.27. The fraction of sp³-hybridized carbons (Fsp3) is 0.520. The third-order valence-electron chi connectivity index (χ3n) is 6.52. The van der Waals surface area contributed by atoms with Gasteiger partial charge >= 0.3 is 0 Å². The molecule has 5 atom stereocenters. The van der Waals surface area contributed by atoms with E-state index in [1.165, 1.54) is 22.4 Å². The van der Waals surface area contributed by atoms with E-state index in [0.717, 1.165) is 36.9 Å². The van der Waals surface area contributed by atoms with Crippen molar-refractivity contribution in [2.24, 2.45) is 0 Å². The number of aliphatic hydroxyl groups is 4. The Balaban J connectivity index is 1.65. The quantitative estimate of drug-likeness (QED) is 0.502. The Kier molecular flexibility index (Phi) is 6.65. The van der Waals surface area contributed by atoms with Gasteiger partial charge in [0.05, 0.1) is 6.61 Å². The highest BCUT2D eigenvalue weighted by molar-refractivity contribution is 5.55. The average molecular weight is 428 g/mol. The molecular formula is C25H33NO5. The van der Waals surface area contributed by atoms with Crippen molar-refractivity contribution < 1.29 is 25.2 Å². The molecule has 0 amide bonds. The van der Waals surface area contributed by atoms with Crippen LogP contribution in [0.15, 0.2) is 36.4 Å². The Bertz CT molecular complexity index is 913. The molecule has 1 fully saturated rings. The summed E-state index contributed by atoms with van der Waals surface area (Å²) in [6.45, 7) is 4.88. The Morgan fingerprint density at radius 1 is 1.03 bits per heavy atom. The predicted molar refractivity (Wildman–Crippen MR) is 119 cm³/mol. The average Bonchev–Trinajstić information content (AvgIpc) is 2.77. The molecule has 0 aromatic heterocycles. The lowest BCUT2D eigenvalue weighted by Crippen LogP contribution is -2.55. The molecule has 2 heterocycles. The van der Waals surface area contributed by atoms with Crippen LogP contribution < -0.4 is 5.32 Å². The normalized spacial score (nSPS) is 28.3. The van der Waals surface area contributed by atoms with Gasteiger partial charge in [0.25, 0.3) is 0 Å². The first kappa shape index (κ1) is 22.2. The first-order chi connectivity index (χ1) is 14.9. The van der Waals surface area contributed by atoms with Gasteiger partial charge in [-0.1, -0.05) is 44.2 Å². The van der Waals surface area contributed by atoms with Crippen molar-refractivity contribution in [2.75, 3.05) is 18.5 Å². The van der Waals surface area contributed by atoms with Crippen LogP contribution in [0.5, 0.6) is 0 Å². The van der Waals surface area contributed by atoms with Crippen LogP contribution in [0.2, 0.25) is 0 Å². The van der Waals surface area contributed by atoms with Gasteiger partial charge in [-0.3, -0.25) is 0 Å². The highest BCUT2D eigenvalue weighted by Gasteiger charge is 2.44. The van der Waals surface area contributed by atoms with E-state index < -0.39 is 37.1 Å². The Morgan fingerprint density at radius 2 is 1.84 bits per heavy atom. The second-order valence-electron chi connectivity index (χ2n) is 9.06. The summed E-state index contributed by atoms with van der Waals surface area (Å²) in [5.41, 5.74) is 6.86. The maximum atomic E-state index is 10.5. The van der Waals surface area contributed by atoms with Crippen LogP contribution in [0.4, 0.5) is 5.69 Å². The SMILES string of the molecule is CC(C)c1ccc([C@@H]2O[C@@H](CO)[C@@H](O)[C@H](O)[C@H]2O)cc1Cc1ccc2c(c1)NCCC2. The van der Waals surface area contributed by atoms with Gasteiger partial charge in [0, 0.05) is 12.2 Å². The maximum Gasteiger partial charge on any atom is 0.113 e. The number of fused-ring (bicyclic) bond motifs is 1. The van der Waals surface area contributed by atoms with Gasteiger partial charge in [-0.15, -0.1) is 0 Å². The van der Waals surface area contributed by atoms with Crippen molar-refractivity contribution >= 4 is 5.69 Å². The van der Waals surface area contributed by atoms with Crippen LogP contribution in [0.3, 0.4) is 0 Å². The molecule has 0 unspecified atom stereocenters. The number of hydrogen-bond acceptors (Lipinski definition) is 6. The zero-order valence-corrected chi connectivity index (χ0v) is 18.2. The highest BCUT2D eigenvalue weighted by atomic mass is 16.5. The fourth-order valence-electron chi connectivity index (χ4n) is 4.73. The first-order valence-corrected chi connectivity index (χ1v) is 11.2. The molecule has 0 saturated carbocycles. The monoisotopic (exact) mass is 427 g/mol. The van der Waals surface area contributed by atoms with E-state index in [1.54, 1.807) is 0 Å². The number of hydrogen-bond donors (Lipinski definition) is 5. The molecule has 168 valence electrons. The van der Waals surface area contributed by atoms with Crippen molar-refractivity contribution in [2.45, 2.75) is 69.5 Å². The van der Waals surface area contributed by atoms with Gasteiger partial charge in [-0.05, 0) is 59.1 Å². The van der Waals surface area contributed by atoms with Crippen LogP contribution in [-0.4, -0.2) is 58.0 Å². The number of nitrogens with one attached hydrogen (secondary N) is 1. The molecule has 2 aromatic carbocycles. The van der Waals surface area contributed by atoms with Crippen LogP contribution in [0, 0.1) is 0 Å². The number of anilines is 1. The molecule has 0 spiro atoms. The van der Waals surface area contributed by atoms with Crippen LogP contribution in [-0.2, 0) is 17.6 Å². The minimum atomic E-state index is -1.38. The molecule has 5 N–H and O–H groups in total. The third kappa shape index (κ3) is 4.49. The molecule has 0 bridgehead atoms. The smallest absolute Gasteiger partial charge is 0.113 e. The summed E-state index contributed by atoms with van der Waals surface area (Å²) in [6.07, 6.45) is -2.73. The third-order valence-corrected chi connectivity index (χ3v) is 6.52. The molecule has 2 aliphatic heterocycles. The molecule has 2 aromatic rings. The first-order valence-electron chi connectivity index (χ1n) is 11.2. The van der Waals surface area contributed by atoms with Crippen LogP contribution >= 0.6 is 0 Å². The van der Waals surface area contributed by atoms with Gasteiger partial charge in [0.2, 0.25) is 0 Å². The topological polar surface area (TPSA) is 102 Å². The van der Waals surface area contributed by atoms with E-state index in [9.17, 15) is 20.4 Å². The van der Waals surface area contributed by atoms with E-state index in [2.05, 4.69) is 37.4 Å². The molecule has 6 heteroatoms. The summed E-state index contributed by atoms with van der Waals surface area (Å²) in [5.74, 6) is 0.328. The molecular weight excluding hydrogens is 394 g/mol. The van der Waals surface area contributed by atoms with Gasteiger partial charge < -0.3 is 30.5 Å². The Morgan fingerprint density at radius 3 is 2.58 bits per heavy atom. The molecule has 2 aliphatic rings. The molecule has 4 rings (SSSR count). The van der Waals surface area contributed by atoms with Crippen molar-refractivity contribution in [3.05, 3.63) is 64.2 Å². The van der Waals surface area contributed by atoms with E-state index >= 15 is 0 Å². The summed E-state index contributed by atoms with van der Waals surface area (Å²) in [6, 6.07) is 12.6. The van der Waals surface area contributed by atoms with Crippen LogP contribution in [0.25, 0.3) is 0 Å². The molecule has 0 radical (unpaired) electrons. The fourth-order valence-corrected chi connectivity index (χ4v) is 4.73. The Hall–Kier alpha value is -1.96. The van der Waals surface area contributed by atoms with E-state index in [1.807, 2.05) is 18.2 Å². The van der Waals surface area contributed by atoms with Gasteiger partial charge in [-0.2, -0.15) is 0 Å². The zero-order valence-electron chi connectivity index (χ0n) is 18.2. The van der Waals surface area contributed by atoms with Crippen molar-refractivity contribution in [3.63, 3.8) is 0 Å². The maximum absolute atomic E-state index is 10.5. The highest BCUT2D eigenvalue weighted by Crippen LogP contribution is 2.35. The summed E-state index contributed by atoms with van der Waals surface area (Å²) in [5, 5.41) is 43.8. The summed E-state index contributed by atoms with van der Waals surface area (Å²) < 4.78 is 5.78. The zero-order chi connectivity index (χ0) is 22.1. The summed E-state index contributed by atoms with van der Waals surface area (Å²) >= 11 is 0. The molecule has 6 nitrogen and oxygen atoms in total. The van der Waals surface area contributed by atoms with Gasteiger partial charge in [-0.25, -0.2) is 0 Å². The van der Waals surface area contributed by atoms with Gasteiger partial charge in [0.1, 0.15) is 30.5 Å². The van der Waals surface area contributed by atoms with Gasteiger partial charge in [0.15, 0.2) is 0 Å². The number of aryl methyl sites for hydroxylation is 1. The van der Waals surface area contributed by atoms with E-state index in [-0.39, 0.29) is 0 Å². The number of aliphatic hydroxyl groups excluding tert-OH is 4. The lowest BCUT2D eigenvalue weighted by atomic mass is 9.86. The van der Waals surface area contributed by atoms with Crippen molar-refractivity contribution in [1.29, 1.82) is 0 Å². The number of benzene rings is 2. The number of ether oxygens (including phenoxy) is 1. The van der Waals surface area contributed by atoms with Crippen LogP contribution in [0.1, 0.15) is 60.1 Å². The molecule has 1 saturated heterocycles. The molecule has 0 aliphatic carbocycles. The lowest BCUT2D eigenvalue weighted by Gasteiger charge is -2.40. The Labute approximate surface area is 183 Å². The predicted octanol–water partition coefficient (Wildman–Crippen LogP) is 2.27. The summed E-state index contributed by atoms with van der Waals surface area (Å²) in [4.78, 5) is 0. The number of rotatable bonds is 5. The summed E-state index contributed by atoms with van der Waals surface area (Å²) in [7, 11) is 0. The minimum Gasteiger partial charge on any atom is -0.394 e. The molecule has 31 heavy (non-hydrogen) atoms.